The highest BCUT2D eigenvalue weighted by molar-refractivity contribution is 9.10. The van der Waals surface area contributed by atoms with Crippen LogP contribution in [0, 0.1) is 0 Å². The number of carbonyl (C=O) groups excluding carboxylic acids is 1. The first-order chi connectivity index (χ1) is 9.99. The molecule has 0 heterocycles. The van der Waals surface area contributed by atoms with Gasteiger partial charge < -0.3 is 11.1 Å². The fourth-order valence-electron chi connectivity index (χ4n) is 2.15. The molecule has 2 rings (SSSR count). The first-order valence-corrected chi connectivity index (χ1v) is 7.74. The second-order valence-electron chi connectivity index (χ2n) is 5.06. The zero-order valence-corrected chi connectivity index (χ0v) is 13.8. The summed E-state index contributed by atoms with van der Waals surface area (Å²) in [7, 11) is 0. The van der Waals surface area contributed by atoms with Crippen molar-refractivity contribution >= 4 is 27.5 Å². The van der Waals surface area contributed by atoms with Gasteiger partial charge in [-0.15, -0.1) is 0 Å². The highest BCUT2D eigenvalue weighted by Crippen LogP contribution is 2.19. The second kappa shape index (κ2) is 6.76. The van der Waals surface area contributed by atoms with Crippen LogP contribution >= 0.6 is 15.9 Å². The van der Waals surface area contributed by atoms with Gasteiger partial charge in [0.05, 0.1) is 6.04 Å². The number of aryl methyl sites for hydroxylation is 1. The van der Waals surface area contributed by atoms with Gasteiger partial charge >= 0.3 is 0 Å². The maximum atomic E-state index is 12.3. The summed E-state index contributed by atoms with van der Waals surface area (Å²) >= 11 is 3.35. The van der Waals surface area contributed by atoms with Gasteiger partial charge in [-0.2, -0.15) is 0 Å². The molecule has 0 radical (unpaired) electrons. The van der Waals surface area contributed by atoms with Gasteiger partial charge in [0, 0.05) is 15.7 Å². The molecule has 1 unspecified atom stereocenters. The third kappa shape index (κ3) is 4.08. The van der Waals surface area contributed by atoms with Gasteiger partial charge in [0.2, 0.25) is 0 Å². The van der Waals surface area contributed by atoms with Gasteiger partial charge in [-0.3, -0.25) is 4.79 Å². The largest absolute Gasteiger partial charge is 0.399 e. The van der Waals surface area contributed by atoms with Crippen molar-refractivity contribution in [2.75, 3.05) is 5.73 Å². The summed E-state index contributed by atoms with van der Waals surface area (Å²) in [6.45, 7) is 4.10. The van der Waals surface area contributed by atoms with Gasteiger partial charge in [0.1, 0.15) is 0 Å². The summed E-state index contributed by atoms with van der Waals surface area (Å²) < 4.78 is 0.799. The van der Waals surface area contributed by atoms with Crippen molar-refractivity contribution in [3.63, 3.8) is 0 Å². The maximum Gasteiger partial charge on any atom is 0.251 e. The highest BCUT2D eigenvalue weighted by atomic mass is 79.9. The molecule has 0 aromatic heterocycles. The molecule has 0 bridgehead atoms. The normalized spacial score (nSPS) is 12.0. The van der Waals surface area contributed by atoms with Gasteiger partial charge in [-0.05, 0) is 42.7 Å². The fourth-order valence-corrected chi connectivity index (χ4v) is 2.66. The quantitative estimate of drug-likeness (QED) is 0.819. The van der Waals surface area contributed by atoms with Gasteiger partial charge in [0.15, 0.2) is 0 Å². The predicted molar refractivity (Wildman–Crippen MR) is 90.3 cm³/mol. The van der Waals surface area contributed by atoms with Gasteiger partial charge in [-0.1, -0.05) is 47.1 Å². The minimum absolute atomic E-state index is 0.0522. The standard InChI is InChI=1S/C17H19BrN2O/c1-3-12-4-6-13(7-5-12)11(2)20-17(21)14-8-15(18)10-16(19)9-14/h4-11H,3,19H2,1-2H3,(H,20,21). The molecule has 0 saturated carbocycles. The number of carbonyl (C=O) groups is 1. The van der Waals surface area contributed by atoms with Crippen molar-refractivity contribution in [3.05, 3.63) is 63.6 Å². The summed E-state index contributed by atoms with van der Waals surface area (Å²) in [4.78, 5) is 12.3. The van der Waals surface area contributed by atoms with Crippen LogP contribution in [0.3, 0.4) is 0 Å². The molecule has 21 heavy (non-hydrogen) atoms. The SMILES string of the molecule is CCc1ccc(C(C)NC(=O)c2cc(N)cc(Br)c2)cc1. The van der Waals surface area contributed by atoms with E-state index in [1.807, 2.05) is 6.92 Å². The van der Waals surface area contributed by atoms with Crippen LogP contribution in [0.25, 0.3) is 0 Å². The number of hydrogen-bond acceptors (Lipinski definition) is 2. The zero-order valence-electron chi connectivity index (χ0n) is 12.2. The Labute approximate surface area is 133 Å². The molecule has 4 heteroatoms. The molecule has 0 fully saturated rings. The minimum atomic E-state index is -0.130. The molecular weight excluding hydrogens is 328 g/mol. The van der Waals surface area contributed by atoms with Crippen molar-refractivity contribution in [3.8, 4) is 0 Å². The molecule has 3 N–H and O–H groups in total. The zero-order chi connectivity index (χ0) is 15.4. The van der Waals surface area contributed by atoms with Crippen LogP contribution in [0.15, 0.2) is 46.9 Å². The summed E-state index contributed by atoms with van der Waals surface area (Å²) in [5.74, 6) is -0.130. The van der Waals surface area contributed by atoms with E-state index in [9.17, 15) is 4.79 Å². The van der Waals surface area contributed by atoms with E-state index in [2.05, 4.69) is 52.4 Å². The Balaban J connectivity index is 2.10. The van der Waals surface area contributed by atoms with Gasteiger partial charge in [-0.25, -0.2) is 0 Å². The smallest absolute Gasteiger partial charge is 0.251 e. The molecule has 0 aliphatic rings. The average Bonchev–Trinajstić information content (AvgIpc) is 2.46. The van der Waals surface area contributed by atoms with E-state index in [0.29, 0.717) is 11.3 Å². The second-order valence-corrected chi connectivity index (χ2v) is 5.98. The number of rotatable bonds is 4. The van der Waals surface area contributed by atoms with Crippen molar-refractivity contribution in [1.29, 1.82) is 0 Å². The molecule has 3 nitrogen and oxygen atoms in total. The molecule has 0 saturated heterocycles. The predicted octanol–water partition coefficient (Wildman–Crippen LogP) is 4.08. The van der Waals surface area contributed by atoms with E-state index in [4.69, 9.17) is 5.73 Å². The van der Waals surface area contributed by atoms with Crippen LogP contribution in [-0.4, -0.2) is 5.91 Å². The molecule has 0 aliphatic carbocycles. The van der Waals surface area contributed by atoms with Crippen molar-refractivity contribution in [2.24, 2.45) is 0 Å². The first kappa shape index (κ1) is 15.6. The molecule has 1 atom stereocenters. The molecule has 1 amide bonds. The van der Waals surface area contributed by atoms with E-state index < -0.39 is 0 Å². The van der Waals surface area contributed by atoms with Crippen molar-refractivity contribution < 1.29 is 4.79 Å². The number of hydrogen-bond donors (Lipinski definition) is 2. The number of benzene rings is 2. The van der Waals surface area contributed by atoms with Crippen LogP contribution in [0.5, 0.6) is 0 Å². The fraction of sp³-hybridized carbons (Fsp3) is 0.235. The third-order valence-electron chi connectivity index (χ3n) is 3.42. The Morgan fingerprint density at radius 1 is 1.24 bits per heavy atom. The van der Waals surface area contributed by atoms with E-state index in [1.54, 1.807) is 18.2 Å². The molecule has 2 aromatic carbocycles. The summed E-state index contributed by atoms with van der Waals surface area (Å²) in [6, 6.07) is 13.4. The number of anilines is 1. The Bertz CT molecular complexity index is 617. The van der Waals surface area contributed by atoms with Crippen LogP contribution in [0.1, 0.15) is 41.4 Å². The van der Waals surface area contributed by atoms with Crippen LogP contribution in [-0.2, 0) is 6.42 Å². The minimum Gasteiger partial charge on any atom is -0.399 e. The number of nitrogens with one attached hydrogen (secondary N) is 1. The summed E-state index contributed by atoms with van der Waals surface area (Å²) in [6.07, 6.45) is 1.01. The lowest BCUT2D eigenvalue weighted by molar-refractivity contribution is 0.0940. The monoisotopic (exact) mass is 346 g/mol. The summed E-state index contributed by atoms with van der Waals surface area (Å²) in [5.41, 5.74) is 9.26. The number of amides is 1. The molecule has 110 valence electrons. The first-order valence-electron chi connectivity index (χ1n) is 6.95. The number of halogens is 1. The van der Waals surface area contributed by atoms with E-state index >= 15 is 0 Å². The van der Waals surface area contributed by atoms with Gasteiger partial charge in [0.25, 0.3) is 5.91 Å². The van der Waals surface area contributed by atoms with E-state index in [0.717, 1.165) is 16.5 Å². The molecule has 0 aliphatic heterocycles. The molecular formula is C17H19BrN2O. The lowest BCUT2D eigenvalue weighted by Crippen LogP contribution is -2.26. The summed E-state index contributed by atoms with van der Waals surface area (Å²) in [5, 5.41) is 2.99. The lowest BCUT2D eigenvalue weighted by Gasteiger charge is -2.15. The van der Waals surface area contributed by atoms with E-state index in [1.165, 1.54) is 5.56 Å². The highest BCUT2D eigenvalue weighted by Gasteiger charge is 2.12. The van der Waals surface area contributed by atoms with Crippen molar-refractivity contribution in [1.82, 2.24) is 5.32 Å². The third-order valence-corrected chi connectivity index (χ3v) is 3.88. The number of nitrogens with two attached hydrogens (primary N) is 1. The van der Waals surface area contributed by atoms with Crippen molar-refractivity contribution in [2.45, 2.75) is 26.3 Å². The molecule has 0 spiro atoms. The topological polar surface area (TPSA) is 55.1 Å². The Hall–Kier alpha value is -1.81. The average molecular weight is 347 g/mol. The Morgan fingerprint density at radius 3 is 2.48 bits per heavy atom. The number of nitrogen functional groups attached to an aromatic ring is 1. The van der Waals surface area contributed by atoms with Crippen LogP contribution < -0.4 is 11.1 Å². The van der Waals surface area contributed by atoms with E-state index in [-0.39, 0.29) is 11.9 Å². The molecule has 2 aromatic rings. The van der Waals surface area contributed by atoms with Crippen LogP contribution in [0.4, 0.5) is 5.69 Å². The Kier molecular flexibility index (Phi) is 5.02. The van der Waals surface area contributed by atoms with Crippen LogP contribution in [0.2, 0.25) is 0 Å². The maximum absolute atomic E-state index is 12.3. The lowest BCUT2D eigenvalue weighted by atomic mass is 10.0. The Morgan fingerprint density at radius 2 is 1.90 bits per heavy atom.